The Labute approximate surface area is 115 Å². The van der Waals surface area contributed by atoms with E-state index in [2.05, 4.69) is 43.6 Å². The number of hydrogen-bond acceptors (Lipinski definition) is 2. The molecule has 100 valence electrons. The van der Waals surface area contributed by atoms with Crippen LogP contribution in [0.5, 0.6) is 0 Å². The molecule has 1 aliphatic carbocycles. The lowest BCUT2D eigenvalue weighted by Crippen LogP contribution is -2.35. The van der Waals surface area contributed by atoms with Crippen molar-refractivity contribution in [2.75, 3.05) is 6.54 Å². The van der Waals surface area contributed by atoms with Crippen molar-refractivity contribution in [1.29, 1.82) is 0 Å². The smallest absolute Gasteiger partial charge is 0.0321 e. The third kappa shape index (κ3) is 3.24. The molecule has 0 spiro atoms. The zero-order chi connectivity index (χ0) is 13.0. The lowest BCUT2D eigenvalue weighted by molar-refractivity contribution is 0.445. The average Bonchev–Trinajstić information content (AvgIpc) is 2.82. The number of hydrogen-bond donors (Lipinski definition) is 1. The molecule has 1 nitrogen and oxygen atoms in total. The fraction of sp³-hybridized carbons (Fsp3) is 0.625. The maximum atomic E-state index is 3.73. The predicted octanol–water partition coefficient (Wildman–Crippen LogP) is 4.50. The summed E-state index contributed by atoms with van der Waals surface area (Å²) in [6.45, 7) is 7.77. The molecule has 0 saturated carbocycles. The SMILES string of the molecule is CCCNC(C=C(C)C)C1CCCc2sccc21. The van der Waals surface area contributed by atoms with Gasteiger partial charge in [-0.05, 0) is 63.1 Å². The van der Waals surface area contributed by atoms with Gasteiger partial charge >= 0.3 is 0 Å². The lowest BCUT2D eigenvalue weighted by atomic mass is 9.82. The number of aryl methyl sites for hydroxylation is 1. The second kappa shape index (κ2) is 6.53. The molecule has 2 rings (SSSR count). The van der Waals surface area contributed by atoms with E-state index in [1.807, 2.05) is 11.3 Å². The van der Waals surface area contributed by atoms with Crippen LogP contribution in [0.2, 0.25) is 0 Å². The highest BCUT2D eigenvalue weighted by Gasteiger charge is 2.26. The molecule has 0 aromatic carbocycles. The third-order valence-electron chi connectivity index (χ3n) is 3.67. The molecule has 0 bridgehead atoms. The Bertz CT molecular complexity index is 401. The third-order valence-corrected chi connectivity index (χ3v) is 4.67. The molecule has 2 unspecified atom stereocenters. The fourth-order valence-electron chi connectivity index (χ4n) is 2.88. The van der Waals surface area contributed by atoms with Crippen LogP contribution in [0.3, 0.4) is 0 Å². The van der Waals surface area contributed by atoms with Gasteiger partial charge in [0.05, 0.1) is 0 Å². The van der Waals surface area contributed by atoms with Crippen LogP contribution in [-0.4, -0.2) is 12.6 Å². The first-order valence-electron chi connectivity index (χ1n) is 7.17. The minimum absolute atomic E-state index is 0.517. The largest absolute Gasteiger partial charge is 0.310 e. The number of rotatable bonds is 5. The van der Waals surface area contributed by atoms with Crippen LogP contribution in [-0.2, 0) is 6.42 Å². The molecule has 0 saturated heterocycles. The van der Waals surface area contributed by atoms with E-state index in [4.69, 9.17) is 0 Å². The van der Waals surface area contributed by atoms with Crippen molar-refractivity contribution >= 4 is 11.3 Å². The zero-order valence-corrected chi connectivity index (χ0v) is 12.6. The van der Waals surface area contributed by atoms with Crippen molar-refractivity contribution in [3.05, 3.63) is 33.5 Å². The maximum Gasteiger partial charge on any atom is 0.0321 e. The minimum Gasteiger partial charge on any atom is -0.310 e. The Kier molecular flexibility index (Phi) is 5.02. The molecule has 0 fully saturated rings. The second-order valence-corrected chi connectivity index (χ2v) is 6.52. The maximum absolute atomic E-state index is 3.73. The van der Waals surface area contributed by atoms with E-state index in [0.717, 1.165) is 6.54 Å². The first-order chi connectivity index (χ1) is 8.72. The molecule has 0 amide bonds. The summed E-state index contributed by atoms with van der Waals surface area (Å²) in [7, 11) is 0. The van der Waals surface area contributed by atoms with Gasteiger partial charge in [0.25, 0.3) is 0 Å². The van der Waals surface area contributed by atoms with Crippen LogP contribution in [0.15, 0.2) is 23.1 Å². The van der Waals surface area contributed by atoms with Crippen LogP contribution in [0.25, 0.3) is 0 Å². The first kappa shape index (κ1) is 13.8. The molecule has 2 heteroatoms. The Hall–Kier alpha value is -0.600. The van der Waals surface area contributed by atoms with E-state index < -0.39 is 0 Å². The minimum atomic E-state index is 0.517. The number of nitrogens with one attached hydrogen (secondary N) is 1. The van der Waals surface area contributed by atoms with Gasteiger partial charge in [0.1, 0.15) is 0 Å². The van der Waals surface area contributed by atoms with Gasteiger partial charge in [0, 0.05) is 16.8 Å². The van der Waals surface area contributed by atoms with E-state index in [1.165, 1.54) is 31.3 Å². The highest BCUT2D eigenvalue weighted by Crippen LogP contribution is 2.37. The van der Waals surface area contributed by atoms with E-state index in [9.17, 15) is 0 Å². The summed E-state index contributed by atoms with van der Waals surface area (Å²) >= 11 is 1.94. The van der Waals surface area contributed by atoms with Crippen molar-refractivity contribution in [3.8, 4) is 0 Å². The molecule has 18 heavy (non-hydrogen) atoms. The normalized spacial score (nSPS) is 20.3. The molecule has 2 atom stereocenters. The van der Waals surface area contributed by atoms with E-state index in [0.29, 0.717) is 12.0 Å². The van der Waals surface area contributed by atoms with Gasteiger partial charge in [0.15, 0.2) is 0 Å². The van der Waals surface area contributed by atoms with E-state index in [1.54, 1.807) is 10.4 Å². The molecular weight excluding hydrogens is 238 g/mol. The van der Waals surface area contributed by atoms with Crippen molar-refractivity contribution in [2.45, 2.75) is 58.4 Å². The summed E-state index contributed by atoms with van der Waals surface area (Å²) in [6.07, 6.45) is 7.59. The van der Waals surface area contributed by atoms with Crippen molar-refractivity contribution < 1.29 is 0 Å². The van der Waals surface area contributed by atoms with Crippen LogP contribution in [0.4, 0.5) is 0 Å². The molecule has 1 aliphatic rings. The molecule has 0 radical (unpaired) electrons. The molecule has 0 aliphatic heterocycles. The van der Waals surface area contributed by atoms with Crippen molar-refractivity contribution in [3.63, 3.8) is 0 Å². The summed E-state index contributed by atoms with van der Waals surface area (Å²) < 4.78 is 0. The Morgan fingerprint density at radius 1 is 1.56 bits per heavy atom. The number of allylic oxidation sites excluding steroid dienone is 1. The summed E-state index contributed by atoms with van der Waals surface area (Å²) in [5, 5.41) is 6.00. The van der Waals surface area contributed by atoms with Crippen molar-refractivity contribution in [2.24, 2.45) is 0 Å². The van der Waals surface area contributed by atoms with E-state index >= 15 is 0 Å². The van der Waals surface area contributed by atoms with Crippen molar-refractivity contribution in [1.82, 2.24) is 5.32 Å². The van der Waals surface area contributed by atoms with Crippen LogP contribution in [0.1, 0.15) is 56.4 Å². The van der Waals surface area contributed by atoms with Gasteiger partial charge in [-0.15, -0.1) is 11.3 Å². The van der Waals surface area contributed by atoms with Crippen LogP contribution >= 0.6 is 11.3 Å². The summed E-state index contributed by atoms with van der Waals surface area (Å²) in [5.74, 6) is 0.682. The van der Waals surface area contributed by atoms with Crippen LogP contribution in [0, 0.1) is 0 Å². The van der Waals surface area contributed by atoms with Gasteiger partial charge in [-0.2, -0.15) is 0 Å². The number of fused-ring (bicyclic) bond motifs is 1. The van der Waals surface area contributed by atoms with Gasteiger partial charge in [-0.1, -0.05) is 18.6 Å². The van der Waals surface area contributed by atoms with Gasteiger partial charge < -0.3 is 5.32 Å². The van der Waals surface area contributed by atoms with Gasteiger partial charge in [0.2, 0.25) is 0 Å². The average molecular weight is 263 g/mol. The molecule has 1 aromatic heterocycles. The summed E-state index contributed by atoms with van der Waals surface area (Å²) in [6, 6.07) is 2.87. The first-order valence-corrected chi connectivity index (χ1v) is 8.05. The van der Waals surface area contributed by atoms with E-state index in [-0.39, 0.29) is 0 Å². The summed E-state index contributed by atoms with van der Waals surface area (Å²) in [4.78, 5) is 1.62. The molecule has 1 aromatic rings. The Balaban J connectivity index is 2.19. The highest BCUT2D eigenvalue weighted by atomic mass is 32.1. The zero-order valence-electron chi connectivity index (χ0n) is 11.8. The monoisotopic (exact) mass is 263 g/mol. The Morgan fingerprint density at radius 3 is 3.11 bits per heavy atom. The fourth-order valence-corrected chi connectivity index (χ4v) is 3.88. The lowest BCUT2D eigenvalue weighted by Gasteiger charge is -2.30. The molecule has 1 N–H and O–H groups in total. The van der Waals surface area contributed by atoms with Gasteiger partial charge in [-0.3, -0.25) is 0 Å². The standard InChI is InChI=1S/C16H25NS/c1-4-9-17-15(11-12(2)3)13-6-5-7-16-14(13)8-10-18-16/h8,10-11,13,15,17H,4-7,9H2,1-3H3. The quantitative estimate of drug-likeness (QED) is 0.771. The second-order valence-electron chi connectivity index (χ2n) is 5.52. The highest BCUT2D eigenvalue weighted by molar-refractivity contribution is 7.10. The molecule has 1 heterocycles. The Morgan fingerprint density at radius 2 is 2.39 bits per heavy atom. The molecular formula is C16H25NS. The topological polar surface area (TPSA) is 12.0 Å². The predicted molar refractivity (Wildman–Crippen MR) is 81.5 cm³/mol. The van der Waals surface area contributed by atoms with Crippen LogP contribution < -0.4 is 5.32 Å². The van der Waals surface area contributed by atoms with Gasteiger partial charge in [-0.25, -0.2) is 0 Å². The summed E-state index contributed by atoms with van der Waals surface area (Å²) in [5.41, 5.74) is 3.03. The number of thiophene rings is 1.